The van der Waals surface area contributed by atoms with Gasteiger partial charge in [-0.15, -0.1) is 0 Å². The van der Waals surface area contributed by atoms with Crippen LogP contribution in [0.2, 0.25) is 0 Å². The molecular weight excluding hydrogens is 219 g/mol. The zero-order valence-electron chi connectivity index (χ0n) is 12.3. The monoisotopic (exact) mass is 247 g/mol. The van der Waals surface area contributed by atoms with Crippen molar-refractivity contribution >= 4 is 19.2 Å². The summed E-state index contributed by atoms with van der Waals surface area (Å²) in [5.41, 5.74) is 0. The Morgan fingerprint density at radius 1 is 1.33 bits per heavy atom. The van der Waals surface area contributed by atoms with Crippen LogP contribution in [0.4, 0.5) is 0 Å². The minimum atomic E-state index is 0.318. The van der Waals surface area contributed by atoms with Crippen LogP contribution in [0.15, 0.2) is 0 Å². The van der Waals surface area contributed by atoms with E-state index in [0.717, 1.165) is 24.7 Å². The molecule has 1 aliphatic rings. The maximum absolute atomic E-state index is 11.2. The molecule has 1 aliphatic carbocycles. The SMILES string of the molecule is [B]=CC1CC(C)CC(CCCC)C1CCC(C)=O. The van der Waals surface area contributed by atoms with Crippen molar-refractivity contribution in [1.29, 1.82) is 0 Å². The number of Topliss-reactive ketones (excluding diaryl/α,β-unsaturated/α-hetero) is 1. The summed E-state index contributed by atoms with van der Waals surface area (Å²) in [5, 5.41) is 0. The molecule has 0 saturated heterocycles. The molecule has 1 nitrogen and oxygen atoms in total. The van der Waals surface area contributed by atoms with Gasteiger partial charge in [0.25, 0.3) is 0 Å². The Hall–Kier alpha value is -0.395. The van der Waals surface area contributed by atoms with Gasteiger partial charge in [-0.1, -0.05) is 0 Å². The first-order valence-corrected chi connectivity index (χ1v) is 7.62. The third-order valence-corrected chi connectivity index (χ3v) is 4.54. The fourth-order valence-corrected chi connectivity index (χ4v) is 3.62. The number of unbranched alkanes of at least 4 members (excludes halogenated alkanes) is 1. The second kappa shape index (κ2) is 7.91. The molecule has 0 aromatic rings. The topological polar surface area (TPSA) is 17.1 Å². The van der Waals surface area contributed by atoms with Gasteiger partial charge in [0, 0.05) is 0 Å². The van der Waals surface area contributed by atoms with Gasteiger partial charge < -0.3 is 0 Å². The molecule has 0 spiro atoms. The Bertz CT molecular complexity index is 274. The summed E-state index contributed by atoms with van der Waals surface area (Å²) < 4.78 is 0. The molecule has 1 rings (SSSR count). The van der Waals surface area contributed by atoms with E-state index in [2.05, 4.69) is 13.8 Å². The predicted molar refractivity (Wildman–Crippen MR) is 80.1 cm³/mol. The van der Waals surface area contributed by atoms with Gasteiger partial charge in [0.1, 0.15) is 0 Å². The van der Waals surface area contributed by atoms with E-state index in [9.17, 15) is 4.79 Å². The van der Waals surface area contributed by atoms with Gasteiger partial charge in [0.2, 0.25) is 0 Å². The van der Waals surface area contributed by atoms with E-state index < -0.39 is 0 Å². The van der Waals surface area contributed by atoms with Crippen LogP contribution in [0, 0.1) is 23.7 Å². The summed E-state index contributed by atoms with van der Waals surface area (Å²) in [6.07, 6.45) is 8.19. The number of ketones is 1. The zero-order chi connectivity index (χ0) is 13.5. The zero-order valence-corrected chi connectivity index (χ0v) is 12.3. The molecule has 0 aliphatic heterocycles. The van der Waals surface area contributed by atoms with E-state index in [-0.39, 0.29) is 0 Å². The molecule has 18 heavy (non-hydrogen) atoms. The average molecular weight is 247 g/mol. The number of hydrogen-bond donors (Lipinski definition) is 0. The van der Waals surface area contributed by atoms with Crippen LogP contribution >= 0.6 is 0 Å². The molecule has 0 aromatic heterocycles. The van der Waals surface area contributed by atoms with Gasteiger partial charge in [-0.05, 0) is 0 Å². The van der Waals surface area contributed by atoms with Crippen LogP contribution in [0.25, 0.3) is 0 Å². The first-order chi connectivity index (χ1) is 8.58. The average Bonchev–Trinajstić information content (AvgIpc) is 2.33. The van der Waals surface area contributed by atoms with Crippen molar-refractivity contribution in [3.8, 4) is 0 Å². The molecule has 0 heterocycles. The second-order valence-corrected chi connectivity index (χ2v) is 6.24. The molecule has 4 atom stereocenters. The molecule has 2 heteroatoms. The summed E-state index contributed by atoms with van der Waals surface area (Å²) in [6, 6.07) is 0. The number of hydrogen-bond acceptors (Lipinski definition) is 1. The molecule has 0 bridgehead atoms. The molecule has 4 unspecified atom stereocenters. The van der Waals surface area contributed by atoms with Crippen LogP contribution in [-0.2, 0) is 4.79 Å². The van der Waals surface area contributed by atoms with Crippen molar-refractivity contribution in [2.24, 2.45) is 23.7 Å². The third kappa shape index (κ3) is 4.70. The predicted octanol–water partition coefficient (Wildman–Crippen LogP) is 3.80. The maximum atomic E-state index is 11.2. The summed E-state index contributed by atoms with van der Waals surface area (Å²) in [6.45, 7) is 6.30. The van der Waals surface area contributed by atoms with E-state index in [1.165, 1.54) is 32.1 Å². The molecule has 1 fully saturated rings. The van der Waals surface area contributed by atoms with Crippen LogP contribution in [0.1, 0.15) is 65.7 Å². The molecule has 0 aromatic carbocycles. The second-order valence-electron chi connectivity index (χ2n) is 6.24. The summed E-state index contributed by atoms with van der Waals surface area (Å²) in [5.74, 6) is 4.94. The van der Waals surface area contributed by atoms with Gasteiger partial charge >= 0.3 is 113 Å². The van der Waals surface area contributed by atoms with Gasteiger partial charge in [-0.25, -0.2) is 0 Å². The Morgan fingerprint density at radius 2 is 2.06 bits per heavy atom. The number of carbonyl (C=O) groups excluding carboxylic acids is 1. The van der Waals surface area contributed by atoms with Gasteiger partial charge in [0.05, 0.1) is 0 Å². The van der Waals surface area contributed by atoms with Crippen LogP contribution in [0.3, 0.4) is 0 Å². The quantitative estimate of drug-likeness (QED) is 0.625. The van der Waals surface area contributed by atoms with E-state index in [1.54, 1.807) is 6.92 Å². The number of carbonyl (C=O) groups is 1. The van der Waals surface area contributed by atoms with Crippen molar-refractivity contribution in [3.05, 3.63) is 0 Å². The van der Waals surface area contributed by atoms with Crippen molar-refractivity contribution < 1.29 is 4.79 Å². The van der Waals surface area contributed by atoms with Crippen LogP contribution in [0.5, 0.6) is 0 Å². The Balaban J connectivity index is 2.66. The third-order valence-electron chi connectivity index (χ3n) is 4.54. The van der Waals surface area contributed by atoms with E-state index in [0.29, 0.717) is 17.6 Å². The normalized spacial score (nSPS) is 32.1. The number of rotatable bonds is 7. The van der Waals surface area contributed by atoms with Crippen molar-refractivity contribution in [1.82, 2.24) is 0 Å². The summed E-state index contributed by atoms with van der Waals surface area (Å²) >= 11 is 0. The standard InChI is InChI=1S/C16H28BO/c1-4-5-6-14-9-12(2)10-15(11-17)16(14)8-7-13(3)18/h11-12,14-16H,4-10H2,1-3H3. The molecule has 1 radical (unpaired) electrons. The van der Waals surface area contributed by atoms with Crippen molar-refractivity contribution in [3.63, 3.8) is 0 Å². The summed E-state index contributed by atoms with van der Waals surface area (Å²) in [7, 11) is 5.84. The Kier molecular flexibility index (Phi) is 6.89. The Morgan fingerprint density at radius 3 is 2.61 bits per heavy atom. The van der Waals surface area contributed by atoms with Gasteiger partial charge in [-0.2, -0.15) is 0 Å². The van der Waals surface area contributed by atoms with E-state index in [4.69, 9.17) is 7.49 Å². The first kappa shape index (κ1) is 15.7. The van der Waals surface area contributed by atoms with Gasteiger partial charge in [0.15, 0.2) is 0 Å². The van der Waals surface area contributed by atoms with Gasteiger partial charge in [-0.3, -0.25) is 0 Å². The van der Waals surface area contributed by atoms with E-state index in [1.807, 2.05) is 5.97 Å². The fraction of sp³-hybridized carbons (Fsp3) is 0.875. The first-order valence-electron chi connectivity index (χ1n) is 7.62. The van der Waals surface area contributed by atoms with Crippen molar-refractivity contribution in [2.45, 2.75) is 65.7 Å². The fourth-order valence-electron chi connectivity index (χ4n) is 3.62. The molecule has 0 amide bonds. The minimum absolute atomic E-state index is 0.318. The molecule has 101 valence electrons. The molecular formula is C16H28BO. The van der Waals surface area contributed by atoms with E-state index >= 15 is 0 Å². The Labute approximate surface area is 114 Å². The molecule has 1 saturated carbocycles. The summed E-state index contributed by atoms with van der Waals surface area (Å²) in [4.78, 5) is 11.2. The van der Waals surface area contributed by atoms with Crippen molar-refractivity contribution in [2.75, 3.05) is 0 Å². The van der Waals surface area contributed by atoms with Crippen LogP contribution < -0.4 is 0 Å². The molecule has 0 N–H and O–H groups in total. The van der Waals surface area contributed by atoms with Crippen LogP contribution in [-0.4, -0.2) is 19.2 Å².